The summed E-state index contributed by atoms with van der Waals surface area (Å²) in [6, 6.07) is 17.7. The summed E-state index contributed by atoms with van der Waals surface area (Å²) < 4.78 is 47.7. The third-order valence-electron chi connectivity index (χ3n) is 22.6. The Morgan fingerprint density at radius 2 is 0.766 bits per heavy atom. The van der Waals surface area contributed by atoms with Crippen LogP contribution in [0.25, 0.3) is 0 Å². The van der Waals surface area contributed by atoms with E-state index >= 15 is 0 Å². The molecule has 3 aromatic rings. The van der Waals surface area contributed by atoms with Gasteiger partial charge in [0.25, 0.3) is 0 Å². The number of carboxylic acids is 3. The number of hydrogen-bond acceptors (Lipinski definition) is 21. The first-order valence-corrected chi connectivity index (χ1v) is 39.7. The minimum atomic E-state index is -1.07. The summed E-state index contributed by atoms with van der Waals surface area (Å²) in [6.07, 6.45) is 22.1. The smallest absolute Gasteiger partial charge is 0.344 e. The van der Waals surface area contributed by atoms with Crippen LogP contribution >= 0.6 is 0 Å². The second-order valence-electron chi connectivity index (χ2n) is 30.5. The third kappa shape index (κ3) is 29.4. The van der Waals surface area contributed by atoms with Gasteiger partial charge in [0.2, 0.25) is 0 Å². The van der Waals surface area contributed by atoms with E-state index in [4.69, 9.17) is 58.0 Å². The van der Waals surface area contributed by atoms with Crippen LogP contribution < -0.4 is 14.2 Å². The molecule has 6 aliphatic carbocycles. The van der Waals surface area contributed by atoms with Crippen molar-refractivity contribution in [3.05, 3.63) is 88.0 Å². The van der Waals surface area contributed by atoms with E-state index < -0.39 is 55.1 Å². The second-order valence-corrected chi connectivity index (χ2v) is 30.5. The fourth-order valence-corrected chi connectivity index (χ4v) is 17.2. The largest absolute Gasteiger partial charge is 0.482 e. The molecule has 600 valence electrons. The monoisotopic (exact) mass is 1500 g/mol. The van der Waals surface area contributed by atoms with Crippen LogP contribution in [-0.2, 0) is 95.7 Å². The van der Waals surface area contributed by atoms with Gasteiger partial charge in [0, 0.05) is 0 Å². The molecule has 107 heavy (non-hydrogen) atoms. The van der Waals surface area contributed by atoms with Gasteiger partial charge in [0.05, 0.1) is 69.5 Å². The van der Waals surface area contributed by atoms with Crippen molar-refractivity contribution in [2.75, 3.05) is 72.7 Å². The molecule has 3 fully saturated rings. The summed E-state index contributed by atoms with van der Waals surface area (Å²) in [5.41, 5.74) is 6.89. The van der Waals surface area contributed by atoms with E-state index in [-0.39, 0.29) is 120 Å². The highest BCUT2D eigenvalue weighted by molar-refractivity contribution is 5.72. The number of rotatable bonds is 46. The Morgan fingerprint density at radius 3 is 1.12 bits per heavy atom. The lowest BCUT2D eigenvalue weighted by atomic mass is 9.73. The normalized spacial score (nSPS) is 23.9. The number of esters is 3. The van der Waals surface area contributed by atoms with Crippen LogP contribution in [0.3, 0.4) is 0 Å². The summed E-state index contributed by atoms with van der Waals surface area (Å²) in [7, 11) is 0. The van der Waals surface area contributed by atoms with Crippen molar-refractivity contribution in [1.29, 1.82) is 0 Å². The maximum absolute atomic E-state index is 12.2. The van der Waals surface area contributed by atoms with Crippen LogP contribution in [0.2, 0.25) is 0 Å². The van der Waals surface area contributed by atoms with Crippen molar-refractivity contribution in [3.8, 4) is 17.2 Å². The van der Waals surface area contributed by atoms with Gasteiger partial charge < -0.3 is 88.6 Å². The highest BCUT2D eigenvalue weighted by Gasteiger charge is 2.48. The van der Waals surface area contributed by atoms with E-state index in [9.17, 15) is 59.4 Å². The fraction of sp³-hybridized carbons (Fsp3) is 0.711. The molecule has 9 rings (SSSR count). The molecule has 6 aliphatic rings. The molecule has 0 amide bonds. The predicted octanol–water partition coefficient (Wildman–Crippen LogP) is 10.2. The lowest BCUT2D eigenvalue weighted by Crippen LogP contribution is -2.28. The third-order valence-corrected chi connectivity index (χ3v) is 22.6. The number of aliphatic hydroxyl groups is 6. The number of benzene rings is 3. The van der Waals surface area contributed by atoms with Crippen molar-refractivity contribution < 1.29 is 117 Å². The lowest BCUT2D eigenvalue weighted by Gasteiger charge is -2.32. The molecule has 24 heteroatoms. The number of carboxylic acid groups (broad SMARTS) is 3. The van der Waals surface area contributed by atoms with Gasteiger partial charge >= 0.3 is 35.8 Å². The number of aliphatic carboxylic acids is 3. The molecule has 1 unspecified atom stereocenters. The van der Waals surface area contributed by atoms with E-state index in [1.165, 1.54) is 16.7 Å². The summed E-state index contributed by atoms with van der Waals surface area (Å²) >= 11 is 0. The van der Waals surface area contributed by atoms with Gasteiger partial charge in [-0.3, -0.25) is 4.79 Å². The number of aliphatic hydroxyl groups excluding tert-OH is 6. The zero-order chi connectivity index (χ0) is 77.2. The minimum Gasteiger partial charge on any atom is -0.482 e. The van der Waals surface area contributed by atoms with Crippen molar-refractivity contribution in [2.24, 2.45) is 53.3 Å². The molecule has 3 saturated carbocycles. The van der Waals surface area contributed by atoms with Crippen molar-refractivity contribution in [1.82, 2.24) is 0 Å². The Morgan fingerprint density at radius 1 is 0.411 bits per heavy atom. The van der Waals surface area contributed by atoms with E-state index in [0.717, 1.165) is 190 Å². The Labute approximate surface area is 631 Å². The van der Waals surface area contributed by atoms with Crippen molar-refractivity contribution >= 4 is 35.8 Å². The van der Waals surface area contributed by atoms with Crippen LogP contribution in [-0.4, -0.2) is 197 Å². The van der Waals surface area contributed by atoms with Crippen LogP contribution in [0, 0.1) is 53.3 Å². The first-order chi connectivity index (χ1) is 51.5. The molecule has 0 aromatic heterocycles. The summed E-state index contributed by atoms with van der Waals surface area (Å²) in [6.45, 7) is 6.83. The zero-order valence-electron chi connectivity index (χ0n) is 63.7. The van der Waals surface area contributed by atoms with E-state index in [1.807, 2.05) is 36.4 Å². The standard InChI is InChI=1S/2C28H42O8.C27H40O8/c1-3-4-5-8-21(29)10-11-22-23-12-19-7-6-9-26(24(19)13-20(23)14-25(22)30)35-17-28(33)36-18(2)15-34-16-27(31)32;1-2-3-4-7-21(29)9-10-22-23-15-19-6-5-8-26(24(19)16-20(23)17-25(22)30)36-18-28(33)35-14-13-34-12-11-27(31)32;1-2-3-4-7-20(28)9-10-21-22-13-18-6-5-8-25(23(18)14-19(22)15-24(21)29)35-17-27(32)34-12-11-33-16-26(30)31/h6-7,9,18,20-23,25,29-30H,3-5,8,10-17H2,1-2H3,(H,31,32);5-6,8,20-23,25,29-30H,2-4,7,9-18H2,1H3,(H,31,32);5-6,8,19-22,24,28-29H,2-4,7,9-17H2,1H3,(H,30,31)/t18?,20-,21-,22+,23-,25+;20-,21-,22+,23-,25+;19-,20-,21+,22-,24+/m000/s1. The van der Waals surface area contributed by atoms with Crippen LogP contribution in [0.5, 0.6) is 17.2 Å². The molecular formula is C83H124O24. The van der Waals surface area contributed by atoms with Gasteiger partial charge in [0.15, 0.2) is 19.8 Å². The van der Waals surface area contributed by atoms with Gasteiger partial charge in [-0.1, -0.05) is 115 Å². The maximum atomic E-state index is 12.2. The highest BCUT2D eigenvalue weighted by Crippen LogP contribution is 2.52. The zero-order valence-corrected chi connectivity index (χ0v) is 63.7. The number of carbonyl (C=O) groups excluding carboxylic acids is 3. The van der Waals surface area contributed by atoms with Gasteiger partial charge in [-0.2, -0.15) is 0 Å². The Hall–Kier alpha value is -6.48. The van der Waals surface area contributed by atoms with E-state index in [1.54, 1.807) is 6.92 Å². The summed E-state index contributed by atoms with van der Waals surface area (Å²) in [5, 5.41) is 89.2. The molecule has 0 heterocycles. The molecule has 3 aromatic carbocycles. The number of unbranched alkanes of at least 4 members (excludes halogenated alkanes) is 6. The molecule has 0 saturated heterocycles. The van der Waals surface area contributed by atoms with Crippen molar-refractivity contribution in [2.45, 2.75) is 250 Å². The van der Waals surface area contributed by atoms with Crippen LogP contribution in [0.15, 0.2) is 54.6 Å². The van der Waals surface area contributed by atoms with E-state index in [2.05, 4.69) is 39.0 Å². The van der Waals surface area contributed by atoms with E-state index in [0.29, 0.717) is 52.8 Å². The topological polar surface area (TPSA) is 368 Å². The van der Waals surface area contributed by atoms with Crippen molar-refractivity contribution in [3.63, 3.8) is 0 Å². The van der Waals surface area contributed by atoms with Crippen LogP contribution in [0.4, 0.5) is 0 Å². The fourth-order valence-electron chi connectivity index (χ4n) is 17.2. The SMILES string of the molecule is CCCCC[C@H](O)CC[C@@H]1[C@H]2Cc3cccc(OCC(=O)OC(C)COCC(=O)O)c3C[C@H]2C[C@H]1O.CCCCC[C@H](O)CC[C@@H]1[C@H]2Cc3cccc(OCC(=O)OCCOCC(=O)O)c3C[C@H]2C[C@H]1O.CCCCC[C@H](O)CC[C@@H]1[C@H]2Cc3cccc(OCC(=O)OCCOCCC(=O)O)c3C[C@H]2C[C@H]1O. The maximum Gasteiger partial charge on any atom is 0.344 e. The minimum absolute atomic E-state index is 0.00110. The molecule has 24 nitrogen and oxygen atoms in total. The molecule has 0 bridgehead atoms. The number of fused-ring (bicyclic) bond motifs is 6. The van der Waals surface area contributed by atoms with Gasteiger partial charge in [-0.05, 0) is 227 Å². The van der Waals surface area contributed by atoms with Gasteiger partial charge in [0.1, 0.15) is 49.8 Å². The number of ether oxygens (including phenoxy) is 9. The molecule has 0 spiro atoms. The molecule has 0 radical (unpaired) electrons. The quantitative estimate of drug-likeness (QED) is 0.0144. The average molecular weight is 1510 g/mol. The van der Waals surface area contributed by atoms with Gasteiger partial charge in [-0.15, -0.1) is 0 Å². The number of hydrogen-bond donors (Lipinski definition) is 9. The molecule has 9 N–H and O–H groups in total. The van der Waals surface area contributed by atoms with Gasteiger partial charge in [-0.25, -0.2) is 24.0 Å². The average Bonchev–Trinajstić information content (AvgIpc) is 1.66. The Balaban J connectivity index is 0.000000224. The first kappa shape index (κ1) is 87.7. The predicted molar refractivity (Wildman–Crippen MR) is 397 cm³/mol. The summed E-state index contributed by atoms with van der Waals surface area (Å²) in [4.78, 5) is 67.6. The van der Waals surface area contributed by atoms with Crippen LogP contribution in [0.1, 0.15) is 202 Å². The second kappa shape index (κ2) is 46.9. The first-order valence-electron chi connectivity index (χ1n) is 39.7. The molecular weight excluding hydrogens is 1380 g/mol. The molecule has 0 aliphatic heterocycles. The Kier molecular flexibility index (Phi) is 38.5. The molecule has 16 atom stereocenters. The number of carbonyl (C=O) groups is 6. The lowest BCUT2D eigenvalue weighted by molar-refractivity contribution is -0.155. The summed E-state index contributed by atoms with van der Waals surface area (Å²) in [5.74, 6) is 0.258. The highest BCUT2D eigenvalue weighted by atomic mass is 16.6. The Bertz CT molecular complexity index is 3180.